The molecule has 172 valence electrons. The Morgan fingerprint density at radius 1 is 0.419 bits per heavy atom. The molecule has 0 saturated carbocycles. The highest BCUT2D eigenvalue weighted by atomic mass is 32.2. The predicted molar refractivity (Wildman–Crippen MR) is 126 cm³/mol. The largest absolute Gasteiger partial charge is 0.508 e. The van der Waals surface area contributed by atoms with E-state index in [4.69, 9.17) is 15.3 Å². The van der Waals surface area contributed by atoms with Gasteiger partial charge in [0.25, 0.3) is 0 Å². The number of phenolic OH excluding ortho intramolecular Hbond substituents is 3. The summed E-state index contributed by atoms with van der Waals surface area (Å²) in [5.74, 6) is 0.965. The summed E-state index contributed by atoms with van der Waals surface area (Å²) < 4.78 is 38.5. The molecule has 3 aromatic rings. The molecule has 0 aromatic heterocycles. The van der Waals surface area contributed by atoms with Gasteiger partial charge in [-0.3, -0.25) is 0 Å². The third-order valence-electron chi connectivity index (χ3n) is 2.27. The van der Waals surface area contributed by atoms with Crippen molar-refractivity contribution in [1.82, 2.24) is 0 Å². The molecule has 7 nitrogen and oxygen atoms in total. The van der Waals surface area contributed by atoms with Gasteiger partial charge in [0, 0.05) is 25.0 Å². The van der Waals surface area contributed by atoms with Gasteiger partial charge in [-0.05, 0) is 36.4 Å². The van der Waals surface area contributed by atoms with Gasteiger partial charge in [0.15, 0.2) is 0 Å². The average molecular weight is 471 g/mol. The third kappa shape index (κ3) is 38.2. The van der Waals surface area contributed by atoms with Gasteiger partial charge < -0.3 is 15.3 Å². The van der Waals surface area contributed by atoms with Crippen molar-refractivity contribution < 1.29 is 32.2 Å². The summed E-state index contributed by atoms with van der Waals surface area (Å²) in [6.45, 7) is 0. The monoisotopic (exact) mass is 470 g/mol. The molecule has 0 amide bonds. The second-order valence-electron chi connectivity index (χ2n) is 6.29. The van der Waals surface area contributed by atoms with Crippen LogP contribution in [0.25, 0.3) is 0 Å². The Labute approximate surface area is 185 Å². The number of aromatic hydroxyl groups is 3. The summed E-state index contributed by atoms with van der Waals surface area (Å²) in [5, 5.41) is 25.9. The molecule has 0 bridgehead atoms. The van der Waals surface area contributed by atoms with E-state index in [9.17, 15) is 16.8 Å². The van der Waals surface area contributed by atoms with Crippen LogP contribution >= 0.6 is 0 Å². The van der Waals surface area contributed by atoms with E-state index in [1.165, 1.54) is 0 Å². The van der Waals surface area contributed by atoms with Gasteiger partial charge in [-0.15, -0.1) is 0 Å². The molecule has 3 N–H and O–H groups in total. The fourth-order valence-corrected chi connectivity index (χ4v) is 1.28. The first-order valence-corrected chi connectivity index (χ1v) is 13.3. The number of hydrogen-bond donors (Lipinski definition) is 3. The van der Waals surface area contributed by atoms with Crippen molar-refractivity contribution in [2.75, 3.05) is 25.0 Å². The zero-order chi connectivity index (χ0) is 24.3. The van der Waals surface area contributed by atoms with Crippen LogP contribution in [0.2, 0.25) is 0 Å². The molecule has 0 aliphatic heterocycles. The van der Waals surface area contributed by atoms with E-state index in [0.29, 0.717) is 17.2 Å². The van der Waals surface area contributed by atoms with Crippen molar-refractivity contribution in [2.45, 2.75) is 0 Å². The lowest BCUT2D eigenvalue weighted by Gasteiger charge is -1.82. The topological polar surface area (TPSA) is 129 Å². The zero-order valence-corrected chi connectivity index (χ0v) is 19.6. The Morgan fingerprint density at radius 2 is 0.548 bits per heavy atom. The summed E-state index contributed by atoms with van der Waals surface area (Å²) >= 11 is 0. The van der Waals surface area contributed by atoms with E-state index in [0.717, 1.165) is 25.0 Å². The minimum Gasteiger partial charge on any atom is -0.508 e. The fraction of sp³-hybridized carbons (Fsp3) is 0.182. The van der Waals surface area contributed by atoms with Gasteiger partial charge >= 0.3 is 0 Å². The van der Waals surface area contributed by atoms with Crippen molar-refractivity contribution in [3.63, 3.8) is 0 Å². The molecular formula is C22H30O7S2. The lowest BCUT2D eigenvalue weighted by atomic mass is 10.3. The van der Waals surface area contributed by atoms with Gasteiger partial charge in [-0.25, -0.2) is 16.8 Å². The molecule has 0 atom stereocenters. The second kappa shape index (κ2) is 16.7. The molecule has 0 saturated heterocycles. The fourth-order valence-electron chi connectivity index (χ4n) is 1.28. The van der Waals surface area contributed by atoms with Crippen LogP contribution in [-0.4, -0.2) is 57.2 Å². The standard InChI is InChI=1S/3C6H6O.2C2H6O2S/c3*7-6-4-2-1-3-5-6;2*1-5(2,3)4/h3*1-5,7H;2*1-2H3. The molecule has 3 rings (SSSR count). The molecule has 0 aliphatic carbocycles. The van der Waals surface area contributed by atoms with Crippen LogP contribution in [0.1, 0.15) is 0 Å². The first-order valence-electron chi connectivity index (χ1n) is 8.70. The van der Waals surface area contributed by atoms with E-state index in [1.807, 2.05) is 18.2 Å². The Kier molecular flexibility index (Phi) is 16.3. The quantitative estimate of drug-likeness (QED) is 0.458. The van der Waals surface area contributed by atoms with Crippen LogP contribution in [0, 0.1) is 0 Å². The van der Waals surface area contributed by atoms with E-state index < -0.39 is 19.7 Å². The van der Waals surface area contributed by atoms with Crippen LogP contribution in [0.15, 0.2) is 91.0 Å². The number of para-hydroxylation sites is 3. The maximum Gasteiger partial charge on any atom is 0.144 e. The average Bonchev–Trinajstić information content (AvgIpc) is 2.62. The lowest BCUT2D eigenvalue weighted by Crippen LogP contribution is -1.86. The summed E-state index contributed by atoms with van der Waals surface area (Å²) in [5.41, 5.74) is 0. The van der Waals surface area contributed by atoms with E-state index in [2.05, 4.69) is 0 Å². The normalized spacial score (nSPS) is 9.55. The molecule has 0 unspecified atom stereocenters. The maximum atomic E-state index is 9.63. The van der Waals surface area contributed by atoms with Gasteiger partial charge in [-0.1, -0.05) is 54.6 Å². The van der Waals surface area contributed by atoms with Crippen LogP contribution < -0.4 is 0 Å². The zero-order valence-electron chi connectivity index (χ0n) is 18.0. The Morgan fingerprint density at radius 3 is 0.613 bits per heavy atom. The molecule has 31 heavy (non-hydrogen) atoms. The van der Waals surface area contributed by atoms with E-state index >= 15 is 0 Å². The van der Waals surface area contributed by atoms with Crippen LogP contribution in [-0.2, 0) is 19.7 Å². The highest BCUT2D eigenvalue weighted by Gasteiger charge is 1.80. The van der Waals surface area contributed by atoms with Crippen LogP contribution in [0.3, 0.4) is 0 Å². The van der Waals surface area contributed by atoms with Crippen molar-refractivity contribution in [1.29, 1.82) is 0 Å². The Balaban J connectivity index is 0. The van der Waals surface area contributed by atoms with Gasteiger partial charge in [-0.2, -0.15) is 0 Å². The third-order valence-corrected chi connectivity index (χ3v) is 2.27. The Hall–Kier alpha value is -3.04. The summed E-state index contributed by atoms with van der Waals surface area (Å²) in [6, 6.07) is 26.1. The number of phenols is 3. The van der Waals surface area contributed by atoms with Gasteiger partial charge in [0.2, 0.25) is 0 Å². The van der Waals surface area contributed by atoms with E-state index in [1.54, 1.807) is 72.8 Å². The van der Waals surface area contributed by atoms with Crippen LogP contribution in [0.5, 0.6) is 17.2 Å². The molecular weight excluding hydrogens is 440 g/mol. The predicted octanol–water partition coefficient (Wildman–Crippen LogP) is 3.50. The molecule has 0 radical (unpaired) electrons. The van der Waals surface area contributed by atoms with Crippen molar-refractivity contribution in [3.05, 3.63) is 91.0 Å². The minimum atomic E-state index is -2.67. The first kappa shape index (κ1) is 30.2. The SMILES string of the molecule is CS(C)(=O)=O.CS(C)(=O)=O.Oc1ccccc1.Oc1ccccc1.Oc1ccccc1. The number of hydrogen-bond acceptors (Lipinski definition) is 7. The van der Waals surface area contributed by atoms with E-state index in [-0.39, 0.29) is 0 Å². The molecule has 0 fully saturated rings. The molecule has 9 heteroatoms. The maximum absolute atomic E-state index is 9.63. The highest BCUT2D eigenvalue weighted by molar-refractivity contribution is 7.90. The Bertz CT molecular complexity index is 870. The molecule has 0 heterocycles. The molecule has 3 aromatic carbocycles. The summed E-state index contributed by atoms with van der Waals surface area (Å²) in [6.07, 6.45) is 4.64. The summed E-state index contributed by atoms with van der Waals surface area (Å²) in [4.78, 5) is 0. The number of benzene rings is 3. The highest BCUT2D eigenvalue weighted by Crippen LogP contribution is 2.04. The number of sulfone groups is 2. The summed E-state index contributed by atoms with van der Waals surface area (Å²) in [7, 11) is -5.33. The van der Waals surface area contributed by atoms with Gasteiger partial charge in [0.1, 0.15) is 36.9 Å². The van der Waals surface area contributed by atoms with Crippen molar-refractivity contribution in [2.24, 2.45) is 0 Å². The molecule has 0 aliphatic rings. The van der Waals surface area contributed by atoms with Crippen molar-refractivity contribution >= 4 is 19.7 Å². The number of rotatable bonds is 0. The second-order valence-corrected chi connectivity index (χ2v) is 10.9. The smallest absolute Gasteiger partial charge is 0.144 e. The van der Waals surface area contributed by atoms with Gasteiger partial charge in [0.05, 0.1) is 0 Å². The first-order chi connectivity index (χ1) is 14.2. The van der Waals surface area contributed by atoms with Crippen LogP contribution in [0.4, 0.5) is 0 Å². The lowest BCUT2D eigenvalue weighted by molar-refractivity contribution is 0.475. The molecule has 0 spiro atoms. The minimum absolute atomic E-state index is 0.322. The van der Waals surface area contributed by atoms with Crippen molar-refractivity contribution in [3.8, 4) is 17.2 Å².